The number of para-hydroxylation sites is 3. The zero-order valence-corrected chi connectivity index (χ0v) is 17.5. The van der Waals surface area contributed by atoms with Crippen molar-refractivity contribution in [2.45, 2.75) is 0 Å². The summed E-state index contributed by atoms with van der Waals surface area (Å²) < 4.78 is 6.07. The number of nitro benzene ring substituents is 1. The van der Waals surface area contributed by atoms with Gasteiger partial charge in [-0.15, -0.1) is 4.68 Å². The van der Waals surface area contributed by atoms with Crippen LogP contribution >= 0.6 is 0 Å². The van der Waals surface area contributed by atoms with Gasteiger partial charge >= 0.3 is 11.4 Å². The van der Waals surface area contributed by atoms with Crippen LogP contribution in [0, 0.1) is 10.1 Å². The molecule has 170 valence electrons. The first kappa shape index (κ1) is 22.1. The van der Waals surface area contributed by atoms with Gasteiger partial charge < -0.3 is 15.0 Å². The van der Waals surface area contributed by atoms with Crippen molar-refractivity contribution in [3.63, 3.8) is 0 Å². The Balaban J connectivity index is 1.65. The summed E-state index contributed by atoms with van der Waals surface area (Å²) in [6.07, 6.45) is 1.09. The Bertz CT molecular complexity index is 1520. The van der Waals surface area contributed by atoms with Gasteiger partial charge in [-0.25, -0.2) is 4.79 Å². The molecule has 11 heteroatoms. The molecule has 3 aromatic carbocycles. The van der Waals surface area contributed by atoms with Crippen molar-refractivity contribution in [3.8, 4) is 5.75 Å². The molecule has 0 saturated heterocycles. The minimum absolute atomic E-state index is 0.0983. The maximum absolute atomic E-state index is 12.7. The van der Waals surface area contributed by atoms with Gasteiger partial charge in [-0.1, -0.05) is 36.4 Å². The Morgan fingerprint density at radius 1 is 1.06 bits per heavy atom. The maximum Gasteiger partial charge on any atom is 0.349 e. The number of aromatic nitrogens is 2. The molecule has 0 fully saturated rings. The van der Waals surface area contributed by atoms with Crippen LogP contribution in [-0.2, 0) is 4.79 Å². The van der Waals surface area contributed by atoms with Crippen LogP contribution in [0.3, 0.4) is 0 Å². The number of nitrogens with one attached hydrogen (secondary N) is 2. The topological polar surface area (TPSA) is 149 Å². The summed E-state index contributed by atoms with van der Waals surface area (Å²) in [7, 11) is 0. The summed E-state index contributed by atoms with van der Waals surface area (Å²) in [5, 5.41) is 18.3. The fraction of sp³-hybridized carbons (Fsp3) is 0.0435. The van der Waals surface area contributed by atoms with Gasteiger partial charge in [-0.3, -0.25) is 19.7 Å². The van der Waals surface area contributed by atoms with E-state index in [0.29, 0.717) is 15.9 Å². The van der Waals surface area contributed by atoms with E-state index in [1.54, 1.807) is 48.5 Å². The molecule has 34 heavy (non-hydrogen) atoms. The number of fused-ring (bicyclic) bond motifs is 1. The Labute approximate surface area is 191 Å². The number of rotatable bonds is 7. The van der Waals surface area contributed by atoms with Crippen LogP contribution in [0.15, 0.2) is 87.5 Å². The van der Waals surface area contributed by atoms with Gasteiger partial charge in [0.2, 0.25) is 5.75 Å². The monoisotopic (exact) mass is 459 g/mol. The first-order valence-corrected chi connectivity index (χ1v) is 9.97. The summed E-state index contributed by atoms with van der Waals surface area (Å²) in [4.78, 5) is 50.6. The molecule has 11 nitrogen and oxygen atoms in total. The predicted octanol–water partition coefficient (Wildman–Crippen LogP) is 2.50. The number of carbonyl (C=O) groups is 1. The lowest BCUT2D eigenvalue weighted by molar-refractivity contribution is -0.385. The fourth-order valence-corrected chi connectivity index (χ4v) is 3.18. The zero-order chi connectivity index (χ0) is 24.1. The number of carbonyl (C=O) groups excluding carboxylic acids is 1. The van der Waals surface area contributed by atoms with Crippen LogP contribution in [0.2, 0.25) is 0 Å². The summed E-state index contributed by atoms with van der Waals surface area (Å²) in [6, 6.07) is 19.1. The third kappa shape index (κ3) is 4.72. The van der Waals surface area contributed by atoms with Gasteiger partial charge in [0.1, 0.15) is 0 Å². The molecule has 0 aliphatic heterocycles. The quantitative estimate of drug-likeness (QED) is 0.246. The average molecular weight is 459 g/mol. The van der Waals surface area contributed by atoms with E-state index in [4.69, 9.17) is 4.74 Å². The molecule has 2 N–H and O–H groups in total. The molecule has 0 bridgehead atoms. The molecule has 0 unspecified atom stereocenters. The second-order valence-electron chi connectivity index (χ2n) is 6.99. The van der Waals surface area contributed by atoms with Crippen LogP contribution in [-0.4, -0.2) is 33.3 Å². The van der Waals surface area contributed by atoms with Crippen molar-refractivity contribution in [3.05, 3.63) is 109 Å². The minimum Gasteiger partial charge on any atom is -0.476 e. The Morgan fingerprint density at radius 3 is 2.56 bits per heavy atom. The highest BCUT2D eigenvalue weighted by molar-refractivity contribution is 5.92. The number of hydrogen-bond acceptors (Lipinski definition) is 7. The van der Waals surface area contributed by atoms with E-state index >= 15 is 0 Å². The highest BCUT2D eigenvalue weighted by atomic mass is 16.6. The second-order valence-corrected chi connectivity index (χ2v) is 6.99. The first-order valence-electron chi connectivity index (χ1n) is 9.97. The van der Waals surface area contributed by atoms with Gasteiger partial charge in [0, 0.05) is 17.3 Å². The van der Waals surface area contributed by atoms with Crippen LogP contribution < -0.4 is 21.3 Å². The lowest BCUT2D eigenvalue weighted by Gasteiger charge is -2.10. The Morgan fingerprint density at radius 2 is 1.79 bits per heavy atom. The number of nitro groups is 1. The average Bonchev–Trinajstić information content (AvgIpc) is 2.83. The van der Waals surface area contributed by atoms with E-state index in [-0.39, 0.29) is 16.7 Å². The highest BCUT2D eigenvalue weighted by Gasteiger charge is 2.20. The number of ether oxygens (including phenoxy) is 1. The van der Waals surface area contributed by atoms with Gasteiger partial charge in [0.15, 0.2) is 6.61 Å². The molecule has 0 atom stereocenters. The predicted molar refractivity (Wildman–Crippen MR) is 125 cm³/mol. The fourth-order valence-electron chi connectivity index (χ4n) is 3.18. The summed E-state index contributed by atoms with van der Waals surface area (Å²) in [6.45, 7) is -0.517. The van der Waals surface area contributed by atoms with Gasteiger partial charge in [-0.2, -0.15) is 5.10 Å². The molecule has 0 saturated carbocycles. The van der Waals surface area contributed by atoms with E-state index in [0.717, 1.165) is 6.21 Å². The third-order valence-electron chi connectivity index (χ3n) is 4.72. The summed E-state index contributed by atoms with van der Waals surface area (Å²) >= 11 is 0. The number of anilines is 1. The molecular weight excluding hydrogens is 442 g/mol. The van der Waals surface area contributed by atoms with Crippen molar-refractivity contribution in [2.24, 2.45) is 5.10 Å². The number of amides is 1. The Kier molecular flexibility index (Phi) is 6.26. The van der Waals surface area contributed by atoms with E-state index < -0.39 is 34.4 Å². The first-order chi connectivity index (χ1) is 16.4. The molecule has 4 aromatic rings. The van der Waals surface area contributed by atoms with Crippen LogP contribution in [0.25, 0.3) is 10.9 Å². The van der Waals surface area contributed by atoms with Crippen molar-refractivity contribution in [1.82, 2.24) is 9.66 Å². The molecule has 0 radical (unpaired) electrons. The van der Waals surface area contributed by atoms with Crippen LogP contribution in [0.4, 0.5) is 11.4 Å². The summed E-state index contributed by atoms with van der Waals surface area (Å²) in [5.74, 6) is -0.765. The third-order valence-corrected chi connectivity index (χ3v) is 4.72. The molecule has 0 aliphatic carbocycles. The smallest absolute Gasteiger partial charge is 0.349 e. The molecule has 1 heterocycles. The Hall–Kier alpha value is -5.06. The molecule has 0 spiro atoms. The number of aromatic amines is 1. The lowest BCUT2D eigenvalue weighted by atomic mass is 10.2. The molecule has 1 amide bonds. The largest absolute Gasteiger partial charge is 0.476 e. The number of H-pyrrole nitrogens is 1. The standard InChI is InChI=1S/C23H17N5O6/c29-20(25-16-8-2-1-3-9-16)14-34-21-15(7-6-12-19(21)28(32)33)13-24-27-22(30)17-10-4-5-11-18(17)26-23(27)31/h1-13H,14H2,(H,25,29)(H,26,31). The van der Waals surface area contributed by atoms with Crippen molar-refractivity contribution in [2.75, 3.05) is 11.9 Å². The van der Waals surface area contributed by atoms with E-state index in [2.05, 4.69) is 15.4 Å². The number of nitrogens with zero attached hydrogens (tertiary/aromatic N) is 3. The van der Waals surface area contributed by atoms with E-state index in [1.807, 2.05) is 0 Å². The van der Waals surface area contributed by atoms with Crippen molar-refractivity contribution < 1.29 is 14.5 Å². The zero-order valence-electron chi connectivity index (χ0n) is 17.5. The minimum atomic E-state index is -0.782. The van der Waals surface area contributed by atoms with E-state index in [9.17, 15) is 24.5 Å². The number of hydrogen-bond donors (Lipinski definition) is 2. The SMILES string of the molecule is O=C(COc1c(C=Nn2c(=O)[nH]c3ccccc3c2=O)cccc1[N+](=O)[O-])Nc1ccccc1. The van der Waals surface area contributed by atoms with Gasteiger partial charge in [-0.05, 0) is 30.3 Å². The summed E-state index contributed by atoms with van der Waals surface area (Å²) in [5.41, 5.74) is -0.860. The van der Waals surface area contributed by atoms with E-state index in [1.165, 1.54) is 24.3 Å². The molecular formula is C23H17N5O6. The normalized spacial score (nSPS) is 10.9. The number of benzene rings is 3. The second kappa shape index (κ2) is 9.61. The van der Waals surface area contributed by atoms with Gasteiger partial charge in [0.25, 0.3) is 11.5 Å². The van der Waals surface area contributed by atoms with Crippen LogP contribution in [0.5, 0.6) is 5.75 Å². The highest BCUT2D eigenvalue weighted by Crippen LogP contribution is 2.30. The van der Waals surface area contributed by atoms with Crippen molar-refractivity contribution >= 4 is 34.4 Å². The molecule has 1 aromatic heterocycles. The van der Waals surface area contributed by atoms with Gasteiger partial charge in [0.05, 0.1) is 22.0 Å². The van der Waals surface area contributed by atoms with Crippen LogP contribution in [0.1, 0.15) is 5.56 Å². The van der Waals surface area contributed by atoms with Crippen molar-refractivity contribution in [1.29, 1.82) is 0 Å². The molecule has 4 rings (SSSR count). The lowest BCUT2D eigenvalue weighted by Crippen LogP contribution is -2.32. The maximum atomic E-state index is 12.7. The molecule has 0 aliphatic rings.